The summed E-state index contributed by atoms with van der Waals surface area (Å²) < 4.78 is 5.64. The first-order chi connectivity index (χ1) is 8.07. The molecule has 2 heterocycles. The van der Waals surface area contributed by atoms with Gasteiger partial charge in [-0.25, -0.2) is 0 Å². The first-order valence-electron chi connectivity index (χ1n) is 6.72. The van der Waals surface area contributed by atoms with E-state index in [0.29, 0.717) is 19.1 Å². The van der Waals surface area contributed by atoms with E-state index in [1.165, 1.54) is 0 Å². The van der Waals surface area contributed by atoms with Crippen molar-refractivity contribution in [1.82, 2.24) is 4.90 Å². The van der Waals surface area contributed by atoms with E-state index in [1.54, 1.807) is 0 Å². The summed E-state index contributed by atoms with van der Waals surface area (Å²) in [4.78, 5) is 14.5. The summed E-state index contributed by atoms with van der Waals surface area (Å²) in [6.07, 6.45) is 3.94. The lowest BCUT2D eigenvalue weighted by atomic mass is 9.90. The third-order valence-electron chi connectivity index (χ3n) is 4.18. The van der Waals surface area contributed by atoms with Crippen molar-refractivity contribution in [1.29, 1.82) is 0 Å². The van der Waals surface area contributed by atoms with Crippen LogP contribution in [0.3, 0.4) is 0 Å². The lowest BCUT2D eigenvalue weighted by Gasteiger charge is -2.41. The van der Waals surface area contributed by atoms with Crippen molar-refractivity contribution in [2.45, 2.75) is 51.2 Å². The van der Waals surface area contributed by atoms with E-state index in [4.69, 9.17) is 10.5 Å². The Morgan fingerprint density at radius 1 is 1.59 bits per heavy atom. The summed E-state index contributed by atoms with van der Waals surface area (Å²) in [6, 6.07) is 0.201. The van der Waals surface area contributed by atoms with Gasteiger partial charge >= 0.3 is 0 Å². The predicted octanol–water partition coefficient (Wildman–Crippen LogP) is 1.14. The quantitative estimate of drug-likeness (QED) is 0.787. The van der Waals surface area contributed by atoms with Crippen LogP contribution in [0.25, 0.3) is 0 Å². The van der Waals surface area contributed by atoms with Crippen molar-refractivity contribution in [2.24, 2.45) is 11.7 Å². The van der Waals surface area contributed by atoms with E-state index < -0.39 is 5.60 Å². The van der Waals surface area contributed by atoms with Crippen molar-refractivity contribution < 1.29 is 9.53 Å². The Balaban J connectivity index is 2.07. The summed E-state index contributed by atoms with van der Waals surface area (Å²) in [5.41, 5.74) is 5.21. The molecule has 2 rings (SSSR count). The van der Waals surface area contributed by atoms with Gasteiger partial charge in [-0.15, -0.1) is 0 Å². The van der Waals surface area contributed by atoms with Crippen molar-refractivity contribution >= 4 is 5.91 Å². The van der Waals surface area contributed by atoms with Crippen LogP contribution in [0.4, 0.5) is 0 Å². The molecular weight excluding hydrogens is 216 g/mol. The van der Waals surface area contributed by atoms with Crippen LogP contribution in [0.2, 0.25) is 0 Å². The minimum Gasteiger partial charge on any atom is -0.365 e. The van der Waals surface area contributed by atoms with Crippen molar-refractivity contribution in [3.8, 4) is 0 Å². The van der Waals surface area contributed by atoms with Gasteiger partial charge in [0.25, 0.3) is 5.91 Å². The largest absolute Gasteiger partial charge is 0.365 e. The Morgan fingerprint density at radius 2 is 2.35 bits per heavy atom. The van der Waals surface area contributed by atoms with E-state index in [0.717, 1.165) is 32.2 Å². The zero-order valence-corrected chi connectivity index (χ0v) is 10.9. The van der Waals surface area contributed by atoms with E-state index in [2.05, 4.69) is 6.92 Å². The van der Waals surface area contributed by atoms with Crippen LogP contribution in [0.5, 0.6) is 0 Å². The summed E-state index contributed by atoms with van der Waals surface area (Å²) >= 11 is 0. The number of nitrogens with zero attached hydrogens (tertiary/aromatic N) is 1. The molecule has 4 heteroatoms. The lowest BCUT2D eigenvalue weighted by Crippen LogP contribution is -2.55. The Morgan fingerprint density at radius 3 is 2.94 bits per heavy atom. The number of likely N-dealkylation sites (tertiary alicyclic amines) is 1. The number of nitrogens with two attached hydrogens (primary N) is 1. The fourth-order valence-electron chi connectivity index (χ4n) is 2.99. The fourth-order valence-corrected chi connectivity index (χ4v) is 2.99. The maximum atomic E-state index is 12.5. The lowest BCUT2D eigenvalue weighted by molar-refractivity contribution is -0.155. The first kappa shape index (κ1) is 12.8. The van der Waals surface area contributed by atoms with Crippen LogP contribution >= 0.6 is 0 Å². The zero-order valence-electron chi connectivity index (χ0n) is 10.9. The second-order valence-corrected chi connectivity index (χ2v) is 5.70. The van der Waals surface area contributed by atoms with Crippen molar-refractivity contribution in [3.63, 3.8) is 0 Å². The standard InChI is InChI=1S/C13H24N2O2/c1-10-4-6-15(11(8-10)9-14)12(16)13(2)5-3-7-17-13/h10-11H,3-9,14H2,1-2H3. The molecule has 4 nitrogen and oxygen atoms in total. The number of rotatable bonds is 2. The molecule has 2 aliphatic rings. The number of carbonyl (C=O) groups excluding carboxylic acids is 1. The molecule has 98 valence electrons. The molecular formula is C13H24N2O2. The van der Waals surface area contributed by atoms with Crippen LogP contribution in [-0.2, 0) is 9.53 Å². The molecule has 0 aromatic heterocycles. The number of carbonyl (C=O) groups is 1. The third-order valence-corrected chi connectivity index (χ3v) is 4.18. The topological polar surface area (TPSA) is 55.6 Å². The molecule has 2 aliphatic heterocycles. The summed E-state index contributed by atoms with van der Waals surface area (Å²) in [5, 5.41) is 0. The van der Waals surface area contributed by atoms with Gasteiger partial charge in [0.15, 0.2) is 0 Å². The number of piperidine rings is 1. The molecule has 1 amide bonds. The highest BCUT2D eigenvalue weighted by Crippen LogP contribution is 2.31. The molecule has 0 radical (unpaired) electrons. The molecule has 3 unspecified atom stereocenters. The van der Waals surface area contributed by atoms with Gasteiger partial charge in [0.05, 0.1) is 0 Å². The van der Waals surface area contributed by atoms with Crippen LogP contribution < -0.4 is 5.73 Å². The molecule has 0 saturated carbocycles. The Kier molecular flexibility index (Phi) is 3.73. The van der Waals surface area contributed by atoms with Gasteiger partial charge in [-0.05, 0) is 38.5 Å². The summed E-state index contributed by atoms with van der Waals surface area (Å²) in [6.45, 7) is 6.26. The number of hydrogen-bond donors (Lipinski definition) is 1. The van der Waals surface area contributed by atoms with Gasteiger partial charge in [-0.1, -0.05) is 6.92 Å². The fraction of sp³-hybridized carbons (Fsp3) is 0.923. The summed E-state index contributed by atoms with van der Waals surface area (Å²) in [7, 11) is 0. The number of amides is 1. The van der Waals surface area contributed by atoms with Crippen molar-refractivity contribution in [3.05, 3.63) is 0 Å². The second kappa shape index (κ2) is 4.94. The Hall–Kier alpha value is -0.610. The monoisotopic (exact) mass is 240 g/mol. The summed E-state index contributed by atoms with van der Waals surface area (Å²) in [5.74, 6) is 0.822. The van der Waals surface area contributed by atoms with E-state index >= 15 is 0 Å². The van der Waals surface area contributed by atoms with Gasteiger partial charge in [-0.3, -0.25) is 4.79 Å². The maximum absolute atomic E-state index is 12.5. The number of ether oxygens (including phenoxy) is 1. The molecule has 0 spiro atoms. The SMILES string of the molecule is CC1CCN(C(=O)C2(C)CCCO2)C(CN)C1. The molecule has 0 aromatic rings. The van der Waals surface area contributed by atoms with E-state index in [-0.39, 0.29) is 11.9 Å². The van der Waals surface area contributed by atoms with Crippen molar-refractivity contribution in [2.75, 3.05) is 19.7 Å². The van der Waals surface area contributed by atoms with Crippen LogP contribution in [0.15, 0.2) is 0 Å². The molecule has 0 aromatic carbocycles. The van der Waals surface area contributed by atoms with Gasteiger partial charge in [0.1, 0.15) is 5.60 Å². The third kappa shape index (κ3) is 2.47. The first-order valence-corrected chi connectivity index (χ1v) is 6.72. The average molecular weight is 240 g/mol. The molecule has 2 N–H and O–H groups in total. The zero-order chi connectivity index (χ0) is 12.5. The molecule has 2 fully saturated rings. The highest BCUT2D eigenvalue weighted by molar-refractivity contribution is 5.85. The molecule has 0 aliphatic carbocycles. The maximum Gasteiger partial charge on any atom is 0.254 e. The van der Waals surface area contributed by atoms with Gasteiger partial charge in [0.2, 0.25) is 0 Å². The minimum absolute atomic E-state index is 0.150. The van der Waals surface area contributed by atoms with Crippen LogP contribution in [0, 0.1) is 5.92 Å². The average Bonchev–Trinajstić information content (AvgIpc) is 2.76. The van der Waals surface area contributed by atoms with E-state index in [1.807, 2.05) is 11.8 Å². The van der Waals surface area contributed by atoms with Crippen LogP contribution in [-0.4, -0.2) is 42.1 Å². The van der Waals surface area contributed by atoms with Gasteiger partial charge < -0.3 is 15.4 Å². The van der Waals surface area contributed by atoms with Crippen LogP contribution in [0.1, 0.15) is 39.5 Å². The smallest absolute Gasteiger partial charge is 0.254 e. The highest BCUT2D eigenvalue weighted by Gasteiger charge is 2.43. The number of hydrogen-bond acceptors (Lipinski definition) is 3. The minimum atomic E-state index is -0.589. The second-order valence-electron chi connectivity index (χ2n) is 5.70. The predicted molar refractivity (Wildman–Crippen MR) is 66.5 cm³/mol. The molecule has 3 atom stereocenters. The Bertz CT molecular complexity index is 287. The normalized spacial score (nSPS) is 38.4. The highest BCUT2D eigenvalue weighted by atomic mass is 16.5. The molecule has 2 saturated heterocycles. The molecule has 0 bridgehead atoms. The van der Waals surface area contributed by atoms with Gasteiger partial charge in [-0.2, -0.15) is 0 Å². The Labute approximate surface area is 103 Å². The molecule has 17 heavy (non-hydrogen) atoms. The van der Waals surface area contributed by atoms with E-state index in [9.17, 15) is 4.79 Å². The van der Waals surface area contributed by atoms with Gasteiger partial charge in [0, 0.05) is 25.7 Å².